The number of carbonyl (C=O) groups is 1. The van der Waals surface area contributed by atoms with Gasteiger partial charge in [0.1, 0.15) is 5.54 Å². The molecule has 2 atom stereocenters. The van der Waals surface area contributed by atoms with Crippen LogP contribution in [0.25, 0.3) is 0 Å². The minimum atomic E-state index is -3.84. The van der Waals surface area contributed by atoms with E-state index in [1.165, 1.54) is 12.1 Å². The van der Waals surface area contributed by atoms with Crippen LogP contribution in [0, 0.1) is 12.8 Å². The summed E-state index contributed by atoms with van der Waals surface area (Å²) in [7, 11) is -3.84. The van der Waals surface area contributed by atoms with Gasteiger partial charge in [-0.05, 0) is 37.8 Å². The lowest BCUT2D eigenvalue weighted by Gasteiger charge is -2.39. The van der Waals surface area contributed by atoms with Crippen molar-refractivity contribution in [3.63, 3.8) is 0 Å². The van der Waals surface area contributed by atoms with Gasteiger partial charge in [0.15, 0.2) is 0 Å². The number of hydrogen-bond acceptors (Lipinski definition) is 3. The van der Waals surface area contributed by atoms with E-state index in [0.717, 1.165) is 12.0 Å². The Bertz CT molecular complexity index is 624. The maximum Gasteiger partial charge on any atom is 0.325 e. The van der Waals surface area contributed by atoms with Crippen molar-refractivity contribution in [2.45, 2.75) is 50.0 Å². The second-order valence-electron chi connectivity index (χ2n) is 5.84. The Labute approximate surface area is 125 Å². The van der Waals surface area contributed by atoms with Gasteiger partial charge in [-0.3, -0.25) is 4.79 Å². The van der Waals surface area contributed by atoms with Gasteiger partial charge in [-0.1, -0.05) is 37.5 Å². The first kappa shape index (κ1) is 16.0. The van der Waals surface area contributed by atoms with Gasteiger partial charge in [-0.15, -0.1) is 0 Å². The summed E-state index contributed by atoms with van der Waals surface area (Å²) in [6, 6.07) is 6.40. The molecule has 1 aliphatic carbocycles. The molecule has 1 fully saturated rings. The predicted molar refractivity (Wildman–Crippen MR) is 79.5 cm³/mol. The predicted octanol–water partition coefficient (Wildman–Crippen LogP) is 2.31. The van der Waals surface area contributed by atoms with Crippen molar-refractivity contribution in [3.05, 3.63) is 29.8 Å². The molecule has 1 aromatic carbocycles. The summed E-state index contributed by atoms with van der Waals surface area (Å²) in [5, 5.41) is 9.59. The quantitative estimate of drug-likeness (QED) is 0.893. The zero-order chi connectivity index (χ0) is 15.7. The van der Waals surface area contributed by atoms with Crippen LogP contribution in [-0.4, -0.2) is 25.0 Å². The van der Waals surface area contributed by atoms with Crippen molar-refractivity contribution in [3.8, 4) is 0 Å². The van der Waals surface area contributed by atoms with Gasteiger partial charge in [0, 0.05) is 0 Å². The van der Waals surface area contributed by atoms with Crippen LogP contribution < -0.4 is 4.72 Å². The zero-order valence-electron chi connectivity index (χ0n) is 12.3. The van der Waals surface area contributed by atoms with E-state index in [1.54, 1.807) is 19.1 Å². The molecule has 1 saturated carbocycles. The van der Waals surface area contributed by atoms with Crippen LogP contribution in [0.5, 0.6) is 0 Å². The third-order valence-electron chi connectivity index (χ3n) is 4.33. The molecule has 2 rings (SSSR count). The Morgan fingerprint density at radius 1 is 1.29 bits per heavy atom. The van der Waals surface area contributed by atoms with Crippen molar-refractivity contribution < 1.29 is 18.3 Å². The molecule has 0 radical (unpaired) electrons. The van der Waals surface area contributed by atoms with Crippen molar-refractivity contribution in [2.24, 2.45) is 5.92 Å². The number of hydrogen-bond donors (Lipinski definition) is 2. The Kier molecular flexibility index (Phi) is 4.39. The van der Waals surface area contributed by atoms with Gasteiger partial charge in [-0.2, -0.15) is 4.72 Å². The molecule has 2 unspecified atom stereocenters. The number of nitrogens with one attached hydrogen (secondary N) is 1. The Morgan fingerprint density at radius 3 is 2.43 bits per heavy atom. The normalized spacial score (nSPS) is 26.5. The number of aliphatic carboxylic acids is 1. The van der Waals surface area contributed by atoms with Crippen LogP contribution in [0.15, 0.2) is 29.2 Å². The molecule has 0 heterocycles. The summed E-state index contributed by atoms with van der Waals surface area (Å²) >= 11 is 0. The summed E-state index contributed by atoms with van der Waals surface area (Å²) < 4.78 is 27.5. The van der Waals surface area contributed by atoms with Crippen molar-refractivity contribution in [2.75, 3.05) is 0 Å². The van der Waals surface area contributed by atoms with E-state index in [-0.39, 0.29) is 10.8 Å². The first-order chi connectivity index (χ1) is 9.78. The molecule has 0 amide bonds. The summed E-state index contributed by atoms with van der Waals surface area (Å²) in [4.78, 5) is 11.8. The van der Waals surface area contributed by atoms with E-state index >= 15 is 0 Å². The maximum atomic E-state index is 12.5. The molecule has 5 nitrogen and oxygen atoms in total. The molecule has 0 saturated heterocycles. The van der Waals surface area contributed by atoms with E-state index in [9.17, 15) is 18.3 Å². The van der Waals surface area contributed by atoms with E-state index in [1.807, 2.05) is 6.92 Å². The van der Waals surface area contributed by atoms with E-state index in [0.29, 0.717) is 19.3 Å². The summed E-state index contributed by atoms with van der Waals surface area (Å²) in [5.41, 5.74) is -0.449. The van der Waals surface area contributed by atoms with Crippen molar-refractivity contribution >= 4 is 16.0 Å². The summed E-state index contributed by atoms with van der Waals surface area (Å²) in [5.74, 6) is -1.32. The van der Waals surface area contributed by atoms with Crippen LogP contribution >= 0.6 is 0 Å². The van der Waals surface area contributed by atoms with Crippen LogP contribution in [0.2, 0.25) is 0 Å². The van der Waals surface area contributed by atoms with E-state index in [2.05, 4.69) is 4.72 Å². The van der Waals surface area contributed by atoms with E-state index < -0.39 is 21.5 Å². The zero-order valence-corrected chi connectivity index (χ0v) is 13.1. The fourth-order valence-corrected chi connectivity index (χ4v) is 4.36. The minimum absolute atomic E-state index is 0.103. The third-order valence-corrected chi connectivity index (χ3v) is 5.85. The molecule has 0 aliphatic heterocycles. The smallest absolute Gasteiger partial charge is 0.325 e. The average Bonchev–Trinajstić information content (AvgIpc) is 2.41. The Balaban J connectivity index is 2.36. The second kappa shape index (κ2) is 5.77. The molecule has 0 spiro atoms. The summed E-state index contributed by atoms with van der Waals surface area (Å²) in [6.45, 7) is 3.66. The molecule has 21 heavy (non-hydrogen) atoms. The fraction of sp³-hybridized carbons (Fsp3) is 0.533. The largest absolute Gasteiger partial charge is 0.480 e. The fourth-order valence-electron chi connectivity index (χ4n) is 2.88. The standard InChI is InChI=1S/C15H21NO4S/c1-11-6-8-13(9-7-11)21(19,20)16-15(14(17)18)10-4-3-5-12(15)2/h6-9,12,16H,3-5,10H2,1-2H3,(H,17,18). The lowest BCUT2D eigenvalue weighted by atomic mass is 9.74. The number of carboxylic acids is 1. The SMILES string of the molecule is Cc1ccc(S(=O)(=O)NC2(C(=O)O)CCCCC2C)cc1. The highest BCUT2D eigenvalue weighted by Crippen LogP contribution is 2.35. The second-order valence-corrected chi connectivity index (χ2v) is 7.52. The third kappa shape index (κ3) is 3.11. The van der Waals surface area contributed by atoms with Crippen LogP contribution in [-0.2, 0) is 14.8 Å². The van der Waals surface area contributed by atoms with Crippen molar-refractivity contribution in [1.29, 1.82) is 0 Å². The van der Waals surface area contributed by atoms with Gasteiger partial charge in [0.25, 0.3) is 0 Å². The monoisotopic (exact) mass is 311 g/mol. The minimum Gasteiger partial charge on any atom is -0.480 e. The van der Waals surface area contributed by atoms with Crippen LogP contribution in [0.4, 0.5) is 0 Å². The Hall–Kier alpha value is -1.40. The first-order valence-corrected chi connectivity index (χ1v) is 8.60. The number of sulfonamides is 1. The van der Waals surface area contributed by atoms with Gasteiger partial charge >= 0.3 is 5.97 Å². The molecule has 1 aliphatic rings. The molecular formula is C15H21NO4S. The van der Waals surface area contributed by atoms with Gasteiger partial charge in [0.05, 0.1) is 4.90 Å². The average molecular weight is 311 g/mol. The number of rotatable bonds is 4. The van der Waals surface area contributed by atoms with Gasteiger partial charge in [0.2, 0.25) is 10.0 Å². The molecule has 2 N–H and O–H groups in total. The topological polar surface area (TPSA) is 83.5 Å². The summed E-state index contributed by atoms with van der Waals surface area (Å²) in [6.07, 6.45) is 2.69. The van der Waals surface area contributed by atoms with Crippen LogP contribution in [0.3, 0.4) is 0 Å². The van der Waals surface area contributed by atoms with Crippen LogP contribution in [0.1, 0.15) is 38.2 Å². The number of benzene rings is 1. The van der Waals surface area contributed by atoms with Gasteiger partial charge in [-0.25, -0.2) is 8.42 Å². The lowest BCUT2D eigenvalue weighted by Crippen LogP contribution is -2.59. The molecule has 1 aromatic rings. The number of carboxylic acid groups (broad SMARTS) is 1. The molecule has 0 bridgehead atoms. The highest BCUT2D eigenvalue weighted by atomic mass is 32.2. The Morgan fingerprint density at radius 2 is 1.90 bits per heavy atom. The molecule has 6 heteroatoms. The molecule has 116 valence electrons. The highest BCUT2D eigenvalue weighted by molar-refractivity contribution is 7.89. The van der Waals surface area contributed by atoms with Crippen molar-refractivity contribution in [1.82, 2.24) is 4.72 Å². The first-order valence-electron chi connectivity index (χ1n) is 7.12. The lowest BCUT2D eigenvalue weighted by molar-refractivity contribution is -0.147. The molecule has 0 aromatic heterocycles. The number of aryl methyl sites for hydroxylation is 1. The van der Waals surface area contributed by atoms with Gasteiger partial charge < -0.3 is 5.11 Å². The van der Waals surface area contributed by atoms with E-state index in [4.69, 9.17) is 0 Å². The maximum absolute atomic E-state index is 12.5. The highest BCUT2D eigenvalue weighted by Gasteiger charge is 2.48. The molecular weight excluding hydrogens is 290 g/mol.